The van der Waals surface area contributed by atoms with E-state index in [9.17, 15) is 0 Å². The number of rotatable bonds is 1. The lowest BCUT2D eigenvalue weighted by Crippen LogP contribution is -2.13. The summed E-state index contributed by atoms with van der Waals surface area (Å²) in [4.78, 5) is 0. The van der Waals surface area contributed by atoms with Crippen molar-refractivity contribution in [1.29, 1.82) is 0 Å². The highest BCUT2D eigenvalue weighted by atomic mass is 31.0. The summed E-state index contributed by atoms with van der Waals surface area (Å²) in [6.07, 6.45) is 2.39. The molecule has 12 heavy (non-hydrogen) atoms. The van der Waals surface area contributed by atoms with Crippen molar-refractivity contribution in [2.24, 2.45) is 0 Å². The number of hydrogen-bond acceptors (Lipinski definition) is 1. The molecule has 0 N–H and O–H groups in total. The lowest BCUT2D eigenvalue weighted by Gasteiger charge is -2.21. The van der Waals surface area contributed by atoms with Crippen molar-refractivity contribution in [3.8, 4) is 0 Å². The molecule has 0 atom stereocenters. The molecule has 1 saturated heterocycles. The molecular weight excluding hydrogens is 167 g/mol. The van der Waals surface area contributed by atoms with Gasteiger partial charge in [-0.1, -0.05) is 20.3 Å². The van der Waals surface area contributed by atoms with Crippen molar-refractivity contribution in [3.63, 3.8) is 0 Å². The summed E-state index contributed by atoms with van der Waals surface area (Å²) in [5.41, 5.74) is 1.50. The van der Waals surface area contributed by atoms with Crippen LogP contribution in [0, 0.1) is 0 Å². The van der Waals surface area contributed by atoms with Crippen LogP contribution in [-0.4, -0.2) is 13.2 Å². The van der Waals surface area contributed by atoms with E-state index in [0.29, 0.717) is 0 Å². The maximum atomic E-state index is 5.33. The van der Waals surface area contributed by atoms with Crippen molar-refractivity contribution in [2.75, 3.05) is 13.2 Å². The average Bonchev–Trinajstić information content (AvgIpc) is 2.21. The monoisotopic (exact) mass is 180 g/mol. The fourth-order valence-electron chi connectivity index (χ4n) is 1.67. The zero-order valence-electron chi connectivity index (χ0n) is 7.07. The van der Waals surface area contributed by atoms with Gasteiger partial charge in [-0.3, -0.25) is 0 Å². The van der Waals surface area contributed by atoms with Crippen LogP contribution >= 0.6 is 8.19 Å². The van der Waals surface area contributed by atoms with Gasteiger partial charge in [0.25, 0.3) is 0 Å². The Hall–Kier alpha value is -0.390. The fourth-order valence-corrected chi connectivity index (χ4v) is 2.28. The van der Waals surface area contributed by atoms with Crippen LogP contribution in [0.15, 0.2) is 23.7 Å². The molecule has 0 aromatic carbocycles. The zero-order valence-corrected chi connectivity index (χ0v) is 7.97. The lowest BCUT2D eigenvalue weighted by molar-refractivity contribution is 0.0853. The van der Waals surface area contributed by atoms with Crippen LogP contribution in [0.5, 0.6) is 0 Å². The van der Waals surface area contributed by atoms with E-state index < -0.39 is 0 Å². The molecule has 0 spiro atoms. The highest BCUT2D eigenvalue weighted by molar-refractivity contribution is 7.28. The van der Waals surface area contributed by atoms with Crippen LogP contribution in [0.25, 0.3) is 0 Å². The molecule has 1 nitrogen and oxygen atoms in total. The molecule has 0 bridgehead atoms. The fraction of sp³-hybridized carbons (Fsp3) is 0.500. The Morgan fingerprint density at radius 3 is 2.50 bits per heavy atom. The van der Waals surface area contributed by atoms with E-state index in [1.54, 1.807) is 0 Å². The Bertz CT molecular complexity index is 229. The summed E-state index contributed by atoms with van der Waals surface area (Å²) in [5, 5.41) is 0. The minimum Gasteiger partial charge on any atom is -0.381 e. The summed E-state index contributed by atoms with van der Waals surface area (Å²) < 4.78 is 5.33. The molecule has 0 aliphatic carbocycles. The van der Waals surface area contributed by atoms with Crippen LogP contribution in [-0.2, 0) is 4.74 Å². The molecule has 0 saturated carbocycles. The minimum atomic E-state index is 0.752. The van der Waals surface area contributed by atoms with Crippen molar-refractivity contribution in [3.05, 3.63) is 29.3 Å². The van der Waals surface area contributed by atoms with Gasteiger partial charge in [0.1, 0.15) is 0 Å². The van der Waals surface area contributed by atoms with Gasteiger partial charge in [-0.05, 0) is 35.9 Å². The van der Waals surface area contributed by atoms with E-state index in [4.69, 9.17) is 4.74 Å². The Morgan fingerprint density at radius 1 is 1.17 bits per heavy atom. The van der Waals surface area contributed by atoms with E-state index in [-0.39, 0.29) is 0 Å². The summed E-state index contributed by atoms with van der Waals surface area (Å²) in [6.45, 7) is 1.88. The molecule has 2 rings (SSSR count). The van der Waals surface area contributed by atoms with E-state index in [1.807, 2.05) is 0 Å². The van der Waals surface area contributed by atoms with Gasteiger partial charge in [0.05, 0.1) is 0 Å². The molecule has 1 fully saturated rings. The smallest absolute Gasteiger partial charge is 0.0471 e. The van der Waals surface area contributed by atoms with Crippen molar-refractivity contribution >= 4 is 8.19 Å². The summed E-state index contributed by atoms with van der Waals surface area (Å²) >= 11 is 0. The summed E-state index contributed by atoms with van der Waals surface area (Å²) in [5.74, 6) is 5.18. The van der Waals surface area contributed by atoms with Gasteiger partial charge in [-0.15, -0.1) is 0 Å². The van der Waals surface area contributed by atoms with Gasteiger partial charge in [0, 0.05) is 13.2 Å². The van der Waals surface area contributed by atoms with Crippen LogP contribution in [0.3, 0.4) is 0 Å². The summed E-state index contributed by atoms with van der Waals surface area (Å²) in [6, 6.07) is 4.52. The van der Waals surface area contributed by atoms with Gasteiger partial charge in [0.2, 0.25) is 0 Å². The first-order valence-electron chi connectivity index (χ1n) is 4.44. The maximum absolute atomic E-state index is 5.33. The molecule has 0 unspecified atom stereocenters. The molecule has 1 aliphatic rings. The van der Waals surface area contributed by atoms with E-state index in [0.717, 1.165) is 19.1 Å². The van der Waals surface area contributed by atoms with Crippen molar-refractivity contribution in [2.45, 2.75) is 18.8 Å². The molecule has 2 heterocycles. The average molecular weight is 180 g/mol. The van der Waals surface area contributed by atoms with E-state index >= 15 is 0 Å². The van der Waals surface area contributed by atoms with Gasteiger partial charge < -0.3 is 4.74 Å². The topological polar surface area (TPSA) is 9.23 Å². The highest BCUT2D eigenvalue weighted by Crippen LogP contribution is 2.27. The van der Waals surface area contributed by atoms with E-state index in [2.05, 4.69) is 23.7 Å². The Balaban J connectivity index is 2.08. The standard InChI is InChI=1S/C10H13OP/c1-5-11-6-2-9(1)10-3-7-12-8-4-10/h3-4,7-9H,1-2,5-6H2. The van der Waals surface area contributed by atoms with Crippen LogP contribution in [0.1, 0.15) is 24.3 Å². The quantitative estimate of drug-likeness (QED) is 0.645. The Labute approximate surface area is 74.9 Å². The molecule has 0 radical (unpaired) electrons. The molecule has 64 valence electrons. The maximum Gasteiger partial charge on any atom is 0.0471 e. The third-order valence-electron chi connectivity index (χ3n) is 2.40. The molecule has 1 aliphatic heterocycles. The molecule has 0 amide bonds. The zero-order chi connectivity index (χ0) is 8.23. The SMILES string of the molecule is c1cc(C2CCOCC2)ccp1. The first-order chi connectivity index (χ1) is 5.97. The third-order valence-corrected chi connectivity index (χ3v) is 3.04. The normalized spacial score (nSPS) is 19.3. The van der Waals surface area contributed by atoms with Crippen molar-refractivity contribution in [1.82, 2.24) is 0 Å². The Morgan fingerprint density at radius 2 is 1.83 bits per heavy atom. The lowest BCUT2D eigenvalue weighted by atomic mass is 9.93. The molecule has 1 aromatic heterocycles. The van der Waals surface area contributed by atoms with E-state index in [1.165, 1.54) is 26.6 Å². The van der Waals surface area contributed by atoms with Gasteiger partial charge in [-0.25, -0.2) is 0 Å². The second kappa shape index (κ2) is 4.02. The predicted molar refractivity (Wildman–Crippen MR) is 51.7 cm³/mol. The van der Waals surface area contributed by atoms with Crippen molar-refractivity contribution < 1.29 is 4.74 Å². The minimum absolute atomic E-state index is 0.752. The molecule has 2 heteroatoms. The van der Waals surface area contributed by atoms with Crippen LogP contribution in [0.2, 0.25) is 0 Å². The van der Waals surface area contributed by atoms with Gasteiger partial charge in [-0.2, -0.15) is 0 Å². The van der Waals surface area contributed by atoms with Crippen LogP contribution in [0.4, 0.5) is 0 Å². The predicted octanol–water partition coefficient (Wildman–Crippen LogP) is 3.16. The number of ether oxygens (including phenoxy) is 1. The largest absolute Gasteiger partial charge is 0.381 e. The Kier molecular flexibility index (Phi) is 2.75. The highest BCUT2D eigenvalue weighted by Gasteiger charge is 2.14. The molecule has 1 aromatic rings. The summed E-state index contributed by atoms with van der Waals surface area (Å²) in [7, 11) is 1.32. The second-order valence-electron chi connectivity index (χ2n) is 3.17. The third kappa shape index (κ3) is 1.85. The van der Waals surface area contributed by atoms with Gasteiger partial charge >= 0.3 is 0 Å². The van der Waals surface area contributed by atoms with Gasteiger partial charge in [0.15, 0.2) is 0 Å². The second-order valence-corrected chi connectivity index (χ2v) is 4.06. The first-order valence-corrected chi connectivity index (χ1v) is 5.48. The number of hydrogen-bond donors (Lipinski definition) is 0. The first kappa shape index (κ1) is 8.22. The van der Waals surface area contributed by atoms with Crippen LogP contribution < -0.4 is 0 Å². The molecular formula is C10H13OP.